The zero-order valence-electron chi connectivity index (χ0n) is 15.2. The molecule has 0 radical (unpaired) electrons. The number of benzene rings is 1. The Kier molecular flexibility index (Phi) is 9.08. The van der Waals surface area contributed by atoms with Gasteiger partial charge in [-0.3, -0.25) is 9.59 Å². The zero-order chi connectivity index (χ0) is 17.9. The van der Waals surface area contributed by atoms with Crippen molar-refractivity contribution in [3.8, 4) is 0 Å². The summed E-state index contributed by atoms with van der Waals surface area (Å²) >= 11 is 0. The second-order valence-corrected chi connectivity index (χ2v) is 6.12. The molecule has 0 unspecified atom stereocenters. The molecule has 1 atom stereocenters. The second-order valence-electron chi connectivity index (χ2n) is 6.12. The number of amides is 2. The van der Waals surface area contributed by atoms with Gasteiger partial charge in [-0.1, -0.05) is 44.2 Å². The summed E-state index contributed by atoms with van der Waals surface area (Å²) in [4.78, 5) is 26.6. The zero-order valence-corrected chi connectivity index (χ0v) is 15.2. The minimum Gasteiger partial charge on any atom is -0.382 e. The lowest BCUT2D eigenvalue weighted by Crippen LogP contribution is -2.49. The van der Waals surface area contributed by atoms with E-state index in [0.717, 1.165) is 12.0 Å². The van der Waals surface area contributed by atoms with Crippen molar-refractivity contribution in [3.05, 3.63) is 35.9 Å². The van der Waals surface area contributed by atoms with Gasteiger partial charge < -0.3 is 15.0 Å². The fourth-order valence-electron chi connectivity index (χ4n) is 2.34. The Labute approximate surface area is 145 Å². The summed E-state index contributed by atoms with van der Waals surface area (Å²) in [5.74, 6) is -0.297. The largest absolute Gasteiger partial charge is 0.382 e. The van der Waals surface area contributed by atoms with E-state index in [-0.39, 0.29) is 17.7 Å². The van der Waals surface area contributed by atoms with E-state index in [1.54, 1.807) is 11.8 Å². The Morgan fingerprint density at radius 2 is 1.83 bits per heavy atom. The fourth-order valence-corrected chi connectivity index (χ4v) is 2.34. The summed E-state index contributed by atoms with van der Waals surface area (Å²) in [6.07, 6.45) is 0.767. The van der Waals surface area contributed by atoms with Crippen LogP contribution in [0.5, 0.6) is 0 Å². The third-order valence-electron chi connectivity index (χ3n) is 3.79. The molecule has 0 aliphatic rings. The number of carbonyl (C=O) groups excluding carboxylic acids is 2. The van der Waals surface area contributed by atoms with Crippen molar-refractivity contribution in [3.63, 3.8) is 0 Å². The summed E-state index contributed by atoms with van der Waals surface area (Å²) in [6.45, 7) is 9.73. The highest BCUT2D eigenvalue weighted by Gasteiger charge is 2.27. The smallest absolute Gasteiger partial charge is 0.242 e. The number of nitrogens with zero attached hydrogens (tertiary/aromatic N) is 1. The van der Waals surface area contributed by atoms with Crippen LogP contribution in [0.1, 0.15) is 39.7 Å². The summed E-state index contributed by atoms with van der Waals surface area (Å²) in [5.41, 5.74) is 1.02. The van der Waals surface area contributed by atoms with Gasteiger partial charge in [0.2, 0.25) is 11.8 Å². The van der Waals surface area contributed by atoms with Crippen LogP contribution in [0.15, 0.2) is 30.3 Å². The van der Waals surface area contributed by atoms with Gasteiger partial charge >= 0.3 is 0 Å². The Morgan fingerprint density at radius 3 is 2.42 bits per heavy atom. The van der Waals surface area contributed by atoms with E-state index in [4.69, 9.17) is 4.74 Å². The number of ether oxygens (including phenoxy) is 1. The highest BCUT2D eigenvalue weighted by Crippen LogP contribution is 2.13. The third kappa shape index (κ3) is 6.71. The van der Waals surface area contributed by atoms with Crippen LogP contribution in [0.2, 0.25) is 0 Å². The van der Waals surface area contributed by atoms with Crippen molar-refractivity contribution in [2.75, 3.05) is 19.8 Å². The predicted molar refractivity (Wildman–Crippen MR) is 95.4 cm³/mol. The molecular formula is C19H30N2O3. The van der Waals surface area contributed by atoms with E-state index in [9.17, 15) is 9.59 Å². The van der Waals surface area contributed by atoms with Crippen LogP contribution >= 0.6 is 0 Å². The fraction of sp³-hybridized carbons (Fsp3) is 0.579. The van der Waals surface area contributed by atoms with Gasteiger partial charge in [0.05, 0.1) is 0 Å². The lowest BCUT2D eigenvalue weighted by atomic mass is 10.1. The Morgan fingerprint density at radius 1 is 1.17 bits per heavy atom. The van der Waals surface area contributed by atoms with Gasteiger partial charge in [0.1, 0.15) is 6.04 Å². The van der Waals surface area contributed by atoms with Crippen LogP contribution in [0.3, 0.4) is 0 Å². The van der Waals surface area contributed by atoms with Crippen molar-refractivity contribution < 1.29 is 14.3 Å². The van der Waals surface area contributed by atoms with Gasteiger partial charge in [-0.25, -0.2) is 0 Å². The minimum atomic E-state index is -0.507. The summed E-state index contributed by atoms with van der Waals surface area (Å²) < 4.78 is 5.26. The molecule has 0 bridgehead atoms. The number of carbonyl (C=O) groups is 2. The lowest BCUT2D eigenvalue weighted by molar-refractivity contribution is -0.143. The normalized spacial score (nSPS) is 12.0. The maximum Gasteiger partial charge on any atom is 0.242 e. The highest BCUT2D eigenvalue weighted by atomic mass is 16.5. The third-order valence-corrected chi connectivity index (χ3v) is 3.79. The quantitative estimate of drug-likeness (QED) is 0.669. The maximum absolute atomic E-state index is 12.5. The minimum absolute atomic E-state index is 0.0178. The molecule has 5 heteroatoms. The molecule has 24 heavy (non-hydrogen) atoms. The van der Waals surface area contributed by atoms with E-state index in [1.165, 1.54) is 0 Å². The standard InChI is InChI=1S/C19H30N2O3/c1-5-24-13-9-12-20-18(22)16(4)21(19(23)15(2)3)14-17-10-7-6-8-11-17/h6-8,10-11,15-16H,5,9,12-14H2,1-4H3,(H,20,22)/t16-/m0/s1. The molecule has 0 heterocycles. The van der Waals surface area contributed by atoms with Crippen LogP contribution in [0.25, 0.3) is 0 Å². The molecule has 0 fully saturated rings. The molecule has 5 nitrogen and oxygen atoms in total. The molecule has 1 rings (SSSR count). The first-order valence-electron chi connectivity index (χ1n) is 8.67. The molecule has 0 spiro atoms. The van der Waals surface area contributed by atoms with E-state index >= 15 is 0 Å². The van der Waals surface area contributed by atoms with Gasteiger partial charge in [-0.05, 0) is 25.8 Å². The van der Waals surface area contributed by atoms with Crippen LogP contribution < -0.4 is 5.32 Å². The monoisotopic (exact) mass is 334 g/mol. The molecular weight excluding hydrogens is 304 g/mol. The first-order valence-corrected chi connectivity index (χ1v) is 8.67. The van der Waals surface area contributed by atoms with Crippen LogP contribution in [0, 0.1) is 5.92 Å². The Hall–Kier alpha value is -1.88. The summed E-state index contributed by atoms with van der Waals surface area (Å²) in [5, 5.41) is 2.89. The Bertz CT molecular complexity index is 503. The molecule has 1 N–H and O–H groups in total. The maximum atomic E-state index is 12.5. The Balaban J connectivity index is 2.67. The van der Waals surface area contributed by atoms with Crippen molar-refractivity contribution in [1.82, 2.24) is 10.2 Å². The second kappa shape index (κ2) is 10.8. The van der Waals surface area contributed by atoms with Gasteiger partial charge in [-0.2, -0.15) is 0 Å². The molecule has 134 valence electrons. The highest BCUT2D eigenvalue weighted by molar-refractivity contribution is 5.88. The lowest BCUT2D eigenvalue weighted by Gasteiger charge is -2.30. The van der Waals surface area contributed by atoms with E-state index < -0.39 is 6.04 Å². The van der Waals surface area contributed by atoms with Crippen LogP contribution in [-0.2, 0) is 20.9 Å². The number of rotatable bonds is 10. The van der Waals surface area contributed by atoms with Gasteiger partial charge in [0.25, 0.3) is 0 Å². The summed E-state index contributed by atoms with van der Waals surface area (Å²) in [7, 11) is 0. The van der Waals surface area contributed by atoms with Crippen LogP contribution in [-0.4, -0.2) is 42.5 Å². The van der Waals surface area contributed by atoms with Crippen molar-refractivity contribution >= 4 is 11.8 Å². The molecule has 1 aromatic carbocycles. The number of nitrogens with one attached hydrogen (secondary N) is 1. The SMILES string of the molecule is CCOCCCNC(=O)[C@H](C)N(Cc1ccccc1)C(=O)C(C)C. The van der Waals surface area contributed by atoms with E-state index in [0.29, 0.717) is 26.3 Å². The average molecular weight is 334 g/mol. The average Bonchev–Trinajstić information content (AvgIpc) is 2.59. The molecule has 0 saturated carbocycles. The molecule has 2 amide bonds. The number of hydrogen-bond acceptors (Lipinski definition) is 3. The van der Waals surface area contributed by atoms with Crippen molar-refractivity contribution in [2.24, 2.45) is 5.92 Å². The predicted octanol–water partition coefficient (Wildman–Crippen LogP) is 2.60. The van der Waals surface area contributed by atoms with E-state index in [2.05, 4.69) is 5.32 Å². The van der Waals surface area contributed by atoms with Crippen molar-refractivity contribution in [2.45, 2.75) is 46.7 Å². The van der Waals surface area contributed by atoms with E-state index in [1.807, 2.05) is 51.1 Å². The van der Waals surface area contributed by atoms with Gasteiger partial charge in [0.15, 0.2) is 0 Å². The first kappa shape index (κ1) is 20.2. The van der Waals surface area contributed by atoms with Crippen LogP contribution in [0.4, 0.5) is 0 Å². The molecule has 0 aliphatic heterocycles. The summed E-state index contributed by atoms with van der Waals surface area (Å²) in [6, 6.07) is 9.23. The molecule has 0 aromatic heterocycles. The first-order chi connectivity index (χ1) is 11.5. The van der Waals surface area contributed by atoms with Crippen molar-refractivity contribution in [1.29, 1.82) is 0 Å². The van der Waals surface area contributed by atoms with Gasteiger partial charge in [0, 0.05) is 32.2 Å². The number of hydrogen-bond donors (Lipinski definition) is 1. The molecule has 0 aliphatic carbocycles. The topological polar surface area (TPSA) is 58.6 Å². The molecule has 0 saturated heterocycles. The van der Waals surface area contributed by atoms with Gasteiger partial charge in [-0.15, -0.1) is 0 Å². The molecule has 1 aromatic rings.